The van der Waals surface area contributed by atoms with Crippen LogP contribution in [0.5, 0.6) is 0 Å². The zero-order chi connectivity index (χ0) is 13.2. The van der Waals surface area contributed by atoms with Gasteiger partial charge in [0.1, 0.15) is 16.4 Å². The highest BCUT2D eigenvalue weighted by atomic mass is 32.2. The third-order valence-electron chi connectivity index (χ3n) is 2.28. The molecular weight excluding hydrogens is 276 g/mol. The lowest BCUT2D eigenvalue weighted by atomic mass is 10.5. The van der Waals surface area contributed by atoms with Gasteiger partial charge < -0.3 is 9.67 Å². The molecule has 18 heavy (non-hydrogen) atoms. The van der Waals surface area contributed by atoms with Crippen molar-refractivity contribution in [3.8, 4) is 0 Å². The standard InChI is InChI=1S/C9H12N4O3S2/c1-13-6-10-12-8(13)4-11-18(15,16)9-3-2-7(5-14)17-9/h2-3,6,11,14H,4-5H2,1H3. The van der Waals surface area contributed by atoms with Gasteiger partial charge in [-0.1, -0.05) is 0 Å². The first kappa shape index (κ1) is 13.1. The lowest BCUT2D eigenvalue weighted by molar-refractivity contribution is 0.285. The third kappa shape index (κ3) is 2.75. The molecule has 2 aromatic rings. The average molecular weight is 288 g/mol. The van der Waals surface area contributed by atoms with Crippen molar-refractivity contribution in [2.24, 2.45) is 7.05 Å². The fraction of sp³-hybridized carbons (Fsp3) is 0.333. The zero-order valence-corrected chi connectivity index (χ0v) is 11.2. The molecule has 0 aliphatic carbocycles. The molecule has 0 saturated carbocycles. The molecule has 0 aromatic carbocycles. The van der Waals surface area contributed by atoms with Crippen LogP contribution in [0.4, 0.5) is 0 Å². The van der Waals surface area contributed by atoms with E-state index < -0.39 is 10.0 Å². The molecule has 0 spiro atoms. The van der Waals surface area contributed by atoms with E-state index in [-0.39, 0.29) is 17.4 Å². The molecule has 9 heteroatoms. The molecule has 2 N–H and O–H groups in total. The molecule has 0 unspecified atom stereocenters. The number of aromatic nitrogens is 3. The lowest BCUT2D eigenvalue weighted by Crippen LogP contribution is -2.24. The second-order valence-electron chi connectivity index (χ2n) is 3.56. The molecule has 0 fully saturated rings. The van der Waals surface area contributed by atoms with E-state index in [1.165, 1.54) is 12.4 Å². The predicted molar refractivity (Wildman–Crippen MR) is 65.3 cm³/mol. The Hall–Kier alpha value is -1.29. The Kier molecular flexibility index (Phi) is 3.76. The van der Waals surface area contributed by atoms with Crippen LogP contribution in [0.25, 0.3) is 0 Å². The van der Waals surface area contributed by atoms with Crippen LogP contribution >= 0.6 is 11.3 Å². The molecule has 2 aromatic heterocycles. The normalized spacial score (nSPS) is 11.9. The molecule has 0 saturated heterocycles. The van der Waals surface area contributed by atoms with E-state index in [0.717, 1.165) is 11.3 Å². The molecular formula is C9H12N4O3S2. The van der Waals surface area contributed by atoms with E-state index in [9.17, 15) is 8.42 Å². The lowest BCUT2D eigenvalue weighted by Gasteiger charge is -2.03. The van der Waals surface area contributed by atoms with Crippen molar-refractivity contribution in [2.45, 2.75) is 17.4 Å². The summed E-state index contributed by atoms with van der Waals surface area (Å²) in [5.41, 5.74) is 0. The maximum absolute atomic E-state index is 11.9. The summed E-state index contributed by atoms with van der Waals surface area (Å²) in [6.07, 6.45) is 1.50. The summed E-state index contributed by atoms with van der Waals surface area (Å²) in [5, 5.41) is 16.4. The van der Waals surface area contributed by atoms with Crippen molar-refractivity contribution in [1.29, 1.82) is 0 Å². The number of thiophene rings is 1. The van der Waals surface area contributed by atoms with Crippen LogP contribution in [-0.4, -0.2) is 28.3 Å². The summed E-state index contributed by atoms with van der Waals surface area (Å²) < 4.78 is 28.1. The van der Waals surface area contributed by atoms with E-state index in [0.29, 0.717) is 10.7 Å². The summed E-state index contributed by atoms with van der Waals surface area (Å²) in [5.74, 6) is 0.525. The van der Waals surface area contributed by atoms with Crippen LogP contribution in [0.3, 0.4) is 0 Å². The van der Waals surface area contributed by atoms with Crippen LogP contribution in [0, 0.1) is 0 Å². The number of hydrogen-bond donors (Lipinski definition) is 2. The van der Waals surface area contributed by atoms with Gasteiger partial charge in [0, 0.05) is 11.9 Å². The van der Waals surface area contributed by atoms with Crippen molar-refractivity contribution in [2.75, 3.05) is 0 Å². The van der Waals surface area contributed by atoms with Crippen molar-refractivity contribution >= 4 is 21.4 Å². The number of nitrogens with zero attached hydrogens (tertiary/aromatic N) is 3. The molecule has 0 radical (unpaired) electrons. The predicted octanol–water partition coefficient (Wildman–Crippen LogP) is -0.153. The van der Waals surface area contributed by atoms with E-state index in [1.54, 1.807) is 17.7 Å². The number of aliphatic hydroxyl groups is 1. The van der Waals surface area contributed by atoms with Gasteiger partial charge in [-0.25, -0.2) is 13.1 Å². The van der Waals surface area contributed by atoms with Gasteiger partial charge in [0.05, 0.1) is 13.2 Å². The van der Waals surface area contributed by atoms with Gasteiger partial charge in [-0.2, -0.15) is 0 Å². The highest BCUT2D eigenvalue weighted by Gasteiger charge is 2.17. The topological polar surface area (TPSA) is 97.1 Å². The minimum atomic E-state index is -3.57. The molecule has 0 atom stereocenters. The van der Waals surface area contributed by atoms with Crippen LogP contribution in [0.2, 0.25) is 0 Å². The smallest absolute Gasteiger partial charge is 0.250 e. The molecule has 0 aliphatic rings. The quantitative estimate of drug-likeness (QED) is 0.797. The Labute approximate surface area is 108 Å². The maximum Gasteiger partial charge on any atom is 0.250 e. The van der Waals surface area contributed by atoms with Gasteiger partial charge in [0.15, 0.2) is 0 Å². The molecule has 0 bridgehead atoms. The Morgan fingerprint density at radius 1 is 1.50 bits per heavy atom. The SMILES string of the molecule is Cn1cnnc1CNS(=O)(=O)c1ccc(CO)s1. The molecule has 2 rings (SSSR count). The monoisotopic (exact) mass is 288 g/mol. The largest absolute Gasteiger partial charge is 0.391 e. The Bertz CT molecular complexity index is 632. The van der Waals surface area contributed by atoms with Gasteiger partial charge in [-0.3, -0.25) is 0 Å². The first-order valence-electron chi connectivity index (χ1n) is 5.05. The van der Waals surface area contributed by atoms with Gasteiger partial charge in [-0.05, 0) is 12.1 Å². The molecule has 0 aliphatic heterocycles. The van der Waals surface area contributed by atoms with Crippen LogP contribution < -0.4 is 4.72 Å². The van der Waals surface area contributed by atoms with Crippen molar-refractivity contribution in [3.63, 3.8) is 0 Å². The number of aryl methyl sites for hydroxylation is 1. The van der Waals surface area contributed by atoms with Gasteiger partial charge >= 0.3 is 0 Å². The van der Waals surface area contributed by atoms with Crippen LogP contribution in [0.1, 0.15) is 10.7 Å². The number of aliphatic hydroxyl groups excluding tert-OH is 1. The first-order chi connectivity index (χ1) is 8.53. The van der Waals surface area contributed by atoms with Crippen molar-refractivity contribution in [3.05, 3.63) is 29.2 Å². The number of hydrogen-bond acceptors (Lipinski definition) is 6. The third-order valence-corrected chi connectivity index (χ3v) is 5.25. The van der Waals surface area contributed by atoms with Crippen molar-refractivity contribution in [1.82, 2.24) is 19.5 Å². The highest BCUT2D eigenvalue weighted by molar-refractivity contribution is 7.91. The average Bonchev–Trinajstić information content (AvgIpc) is 2.95. The minimum absolute atomic E-state index is 0.0746. The van der Waals surface area contributed by atoms with Gasteiger partial charge in [0.25, 0.3) is 0 Å². The number of nitrogens with one attached hydrogen (secondary N) is 1. The highest BCUT2D eigenvalue weighted by Crippen LogP contribution is 2.21. The van der Waals surface area contributed by atoms with E-state index in [1.807, 2.05) is 0 Å². The summed E-state index contributed by atoms with van der Waals surface area (Å²) in [7, 11) is -1.83. The van der Waals surface area contributed by atoms with Gasteiger partial charge in [0.2, 0.25) is 10.0 Å². The zero-order valence-electron chi connectivity index (χ0n) is 9.57. The molecule has 0 amide bonds. The maximum atomic E-state index is 11.9. The van der Waals surface area contributed by atoms with E-state index in [4.69, 9.17) is 5.11 Å². The van der Waals surface area contributed by atoms with Crippen LogP contribution in [-0.2, 0) is 30.2 Å². The number of rotatable bonds is 5. The minimum Gasteiger partial charge on any atom is -0.391 e. The van der Waals surface area contributed by atoms with E-state index >= 15 is 0 Å². The fourth-order valence-corrected chi connectivity index (χ4v) is 3.53. The van der Waals surface area contributed by atoms with Crippen LogP contribution in [0.15, 0.2) is 22.7 Å². The Morgan fingerprint density at radius 2 is 2.28 bits per heavy atom. The first-order valence-corrected chi connectivity index (χ1v) is 7.35. The Balaban J connectivity index is 2.10. The second-order valence-corrected chi connectivity index (χ2v) is 6.72. The van der Waals surface area contributed by atoms with E-state index in [2.05, 4.69) is 14.9 Å². The molecule has 7 nitrogen and oxygen atoms in total. The molecule has 2 heterocycles. The Morgan fingerprint density at radius 3 is 2.83 bits per heavy atom. The van der Waals surface area contributed by atoms with Crippen molar-refractivity contribution < 1.29 is 13.5 Å². The summed E-state index contributed by atoms with van der Waals surface area (Å²) in [6, 6.07) is 3.05. The summed E-state index contributed by atoms with van der Waals surface area (Å²) in [4.78, 5) is 0.606. The summed E-state index contributed by atoms with van der Waals surface area (Å²) in [6.45, 7) is -0.0886. The molecule has 98 valence electrons. The summed E-state index contributed by atoms with van der Waals surface area (Å²) >= 11 is 1.04. The number of sulfonamides is 1. The van der Waals surface area contributed by atoms with Gasteiger partial charge in [-0.15, -0.1) is 21.5 Å². The second kappa shape index (κ2) is 5.14. The fourth-order valence-electron chi connectivity index (χ4n) is 1.29.